The molecule has 0 amide bonds. The van der Waals surface area contributed by atoms with Gasteiger partial charge in [-0.05, 0) is 38.5 Å². The minimum Gasteiger partial charge on any atom is -0.481 e. The van der Waals surface area contributed by atoms with Crippen molar-refractivity contribution < 1.29 is 34.2 Å². The average molecular weight is 499 g/mol. The van der Waals surface area contributed by atoms with Gasteiger partial charge in [0, 0.05) is 0 Å². The van der Waals surface area contributed by atoms with Gasteiger partial charge >= 0.3 is 17.9 Å². The monoisotopic (exact) mass is 498 g/mol. The first-order valence-corrected chi connectivity index (χ1v) is 14.0. The van der Waals surface area contributed by atoms with Gasteiger partial charge < -0.3 is 19.8 Å². The highest BCUT2D eigenvalue weighted by Crippen LogP contribution is 2.17. The molecular formula is C28H52NO6+. The van der Waals surface area contributed by atoms with Gasteiger partial charge in [0.1, 0.15) is 0 Å². The van der Waals surface area contributed by atoms with Crippen LogP contribution in [0.5, 0.6) is 0 Å². The summed E-state index contributed by atoms with van der Waals surface area (Å²) in [5.41, 5.74) is 0. The molecule has 3 N–H and O–H groups in total. The van der Waals surface area contributed by atoms with E-state index in [1.165, 1.54) is 77.0 Å². The van der Waals surface area contributed by atoms with E-state index in [1.54, 1.807) is 0 Å². The topological polar surface area (TPSA) is 112 Å². The maximum Gasteiger partial charge on any atom is 0.309 e. The van der Waals surface area contributed by atoms with E-state index in [1.807, 2.05) is 0 Å². The molecule has 0 atom stereocenters. The zero-order valence-electron chi connectivity index (χ0n) is 22.2. The van der Waals surface area contributed by atoms with Crippen LogP contribution >= 0.6 is 0 Å². The number of rotatable bonds is 26. The fourth-order valence-electron chi connectivity index (χ4n) is 4.54. The lowest BCUT2D eigenvalue weighted by molar-refractivity contribution is -0.927. The third-order valence-corrected chi connectivity index (χ3v) is 6.79. The van der Waals surface area contributed by atoms with Crippen LogP contribution in [0.3, 0.4) is 0 Å². The van der Waals surface area contributed by atoms with Gasteiger partial charge in [0.15, 0.2) is 0 Å². The van der Waals surface area contributed by atoms with Crippen molar-refractivity contribution in [3.63, 3.8) is 0 Å². The van der Waals surface area contributed by atoms with E-state index >= 15 is 0 Å². The zero-order chi connectivity index (χ0) is 26.2. The number of hydrogen-bond acceptors (Lipinski definition) is 3. The number of carboxylic acid groups (broad SMARTS) is 3. The summed E-state index contributed by atoms with van der Waals surface area (Å²) < 4.78 is 0.263. The van der Waals surface area contributed by atoms with Crippen molar-refractivity contribution in [2.75, 3.05) is 26.2 Å². The molecule has 0 heterocycles. The summed E-state index contributed by atoms with van der Waals surface area (Å²) in [5, 5.41) is 27.3. The number of aliphatic carboxylic acids is 3. The van der Waals surface area contributed by atoms with Crippen molar-refractivity contribution in [1.29, 1.82) is 0 Å². The van der Waals surface area contributed by atoms with Crippen LogP contribution in [-0.4, -0.2) is 63.9 Å². The molecule has 0 aromatic carbocycles. The van der Waals surface area contributed by atoms with Crippen LogP contribution in [0.25, 0.3) is 0 Å². The first kappa shape index (κ1) is 33.1. The number of unbranched alkanes of at least 4 members (excludes halogenated alkanes) is 13. The number of carbonyl (C=O) groups is 3. The minimum atomic E-state index is -0.933. The number of hydrogen-bond donors (Lipinski definition) is 3. The molecule has 0 rings (SSSR count). The summed E-state index contributed by atoms with van der Waals surface area (Å²) in [6.45, 7) is 3.72. The van der Waals surface area contributed by atoms with Crippen LogP contribution in [0.4, 0.5) is 0 Å². The maximum absolute atomic E-state index is 11.1. The molecule has 0 saturated carbocycles. The Balaban J connectivity index is 4.04. The van der Waals surface area contributed by atoms with Crippen molar-refractivity contribution in [3.8, 4) is 0 Å². The summed E-state index contributed by atoms with van der Waals surface area (Å²) in [5.74, 6) is -2.80. The highest BCUT2D eigenvalue weighted by molar-refractivity contribution is 5.67. The normalized spacial score (nSPS) is 11.8. The van der Waals surface area contributed by atoms with Crippen molar-refractivity contribution in [2.45, 2.75) is 122 Å². The van der Waals surface area contributed by atoms with Crippen molar-refractivity contribution in [3.05, 3.63) is 12.2 Å². The van der Waals surface area contributed by atoms with Gasteiger partial charge in [0.25, 0.3) is 0 Å². The van der Waals surface area contributed by atoms with Crippen LogP contribution < -0.4 is 0 Å². The largest absolute Gasteiger partial charge is 0.481 e. The lowest BCUT2D eigenvalue weighted by atomic mass is 10.0. The highest BCUT2D eigenvalue weighted by Gasteiger charge is 2.29. The molecule has 0 saturated heterocycles. The zero-order valence-corrected chi connectivity index (χ0v) is 22.2. The number of allylic oxidation sites excluding steroid dienone is 2. The Bertz CT molecular complexity index is 544. The summed E-state index contributed by atoms with van der Waals surface area (Å²) >= 11 is 0. The Morgan fingerprint density at radius 2 is 0.857 bits per heavy atom. The van der Waals surface area contributed by atoms with E-state index in [-0.39, 0.29) is 43.4 Å². The lowest BCUT2D eigenvalue weighted by Gasteiger charge is -2.38. The van der Waals surface area contributed by atoms with Gasteiger partial charge in [-0.1, -0.05) is 76.9 Å². The van der Waals surface area contributed by atoms with Gasteiger partial charge in [-0.15, -0.1) is 0 Å². The smallest absolute Gasteiger partial charge is 0.309 e. The van der Waals surface area contributed by atoms with Gasteiger partial charge in [-0.3, -0.25) is 14.4 Å². The first-order valence-electron chi connectivity index (χ1n) is 14.0. The lowest BCUT2D eigenvalue weighted by Crippen LogP contribution is -2.52. The Labute approximate surface area is 213 Å². The molecule has 0 radical (unpaired) electrons. The fraction of sp³-hybridized carbons (Fsp3) is 0.821. The molecule has 0 aliphatic heterocycles. The van der Waals surface area contributed by atoms with E-state index in [2.05, 4.69) is 19.1 Å². The molecule has 0 fully saturated rings. The second-order valence-electron chi connectivity index (χ2n) is 9.96. The molecular weight excluding hydrogens is 446 g/mol. The number of quaternary nitrogens is 1. The van der Waals surface area contributed by atoms with E-state index in [0.29, 0.717) is 6.54 Å². The molecule has 0 aromatic heterocycles. The molecule has 7 nitrogen and oxygen atoms in total. The molecule has 0 aliphatic rings. The van der Waals surface area contributed by atoms with E-state index in [4.69, 9.17) is 15.3 Å². The summed E-state index contributed by atoms with van der Waals surface area (Å²) in [6.07, 6.45) is 22.7. The molecule has 0 unspecified atom stereocenters. The van der Waals surface area contributed by atoms with Crippen LogP contribution in [0.2, 0.25) is 0 Å². The van der Waals surface area contributed by atoms with Gasteiger partial charge in [0.2, 0.25) is 0 Å². The molecule has 35 heavy (non-hydrogen) atoms. The predicted molar refractivity (Wildman–Crippen MR) is 141 cm³/mol. The number of nitrogens with zero attached hydrogens (tertiary/aromatic N) is 1. The molecule has 0 aliphatic carbocycles. The van der Waals surface area contributed by atoms with Gasteiger partial charge in [-0.2, -0.15) is 0 Å². The van der Waals surface area contributed by atoms with E-state index in [0.717, 1.165) is 19.3 Å². The summed E-state index contributed by atoms with van der Waals surface area (Å²) in [4.78, 5) is 33.3. The van der Waals surface area contributed by atoms with Crippen LogP contribution in [0, 0.1) is 0 Å². The van der Waals surface area contributed by atoms with E-state index in [9.17, 15) is 14.4 Å². The predicted octanol–water partition coefficient (Wildman–Crippen LogP) is 6.65. The molecule has 0 spiro atoms. The Morgan fingerprint density at radius 1 is 0.514 bits per heavy atom. The van der Waals surface area contributed by atoms with Crippen molar-refractivity contribution in [1.82, 2.24) is 0 Å². The average Bonchev–Trinajstić information content (AvgIpc) is 2.81. The molecule has 7 heteroatoms. The molecule has 0 aromatic rings. The minimum absolute atomic E-state index is 0.0749. The molecule has 0 bridgehead atoms. The molecule has 204 valence electrons. The van der Waals surface area contributed by atoms with Crippen molar-refractivity contribution >= 4 is 17.9 Å². The number of carboxylic acids is 3. The Kier molecular flexibility index (Phi) is 21.3. The summed E-state index contributed by atoms with van der Waals surface area (Å²) in [7, 11) is 0. The van der Waals surface area contributed by atoms with E-state index < -0.39 is 17.9 Å². The van der Waals surface area contributed by atoms with Crippen LogP contribution in [0.1, 0.15) is 122 Å². The second-order valence-corrected chi connectivity index (χ2v) is 9.96. The quantitative estimate of drug-likeness (QED) is 0.0699. The fourth-order valence-corrected chi connectivity index (χ4v) is 4.54. The van der Waals surface area contributed by atoms with Crippen molar-refractivity contribution in [2.24, 2.45) is 0 Å². The summed E-state index contributed by atoms with van der Waals surface area (Å²) in [6, 6.07) is 0. The van der Waals surface area contributed by atoms with Crippen LogP contribution in [-0.2, 0) is 14.4 Å². The first-order chi connectivity index (χ1) is 16.8. The third kappa shape index (κ3) is 22.3. The van der Waals surface area contributed by atoms with Gasteiger partial charge in [-0.25, -0.2) is 0 Å². The Hall–Kier alpha value is -1.89. The maximum atomic E-state index is 11.1. The van der Waals surface area contributed by atoms with Gasteiger partial charge in [0.05, 0.1) is 45.4 Å². The van der Waals surface area contributed by atoms with Crippen LogP contribution in [0.15, 0.2) is 12.2 Å². The Morgan fingerprint density at radius 3 is 1.23 bits per heavy atom. The highest BCUT2D eigenvalue weighted by atomic mass is 16.4. The SMILES string of the molecule is CCCCC/C=C/CCCCCCCCCCCC[N+](CCC(=O)O)(CCC(=O)O)CCC(=O)O. The second kappa shape index (κ2) is 22.6. The standard InChI is InChI=1S/C28H51NO6/c1-2-3-4-5-6-7-8-9-10-11-12-13-14-15-16-17-18-22-29(23-19-26(30)31,24-20-27(32)33)25-21-28(34)35/h6-7H,2-5,8-25H2,1H3,(H2-,30,31,32,33,34,35)/p+1/b7-6+. The third-order valence-electron chi connectivity index (χ3n) is 6.79.